The Labute approximate surface area is 69.6 Å². The minimum absolute atomic E-state index is 0.0494. The van der Waals surface area contributed by atoms with Crippen molar-refractivity contribution in [3.05, 3.63) is 0 Å². The topological polar surface area (TPSA) is 45.0 Å². The molecule has 1 heterocycles. The van der Waals surface area contributed by atoms with Crippen LogP contribution in [-0.2, 0) is 10.9 Å². The Morgan fingerprint density at radius 3 is 2.73 bits per heavy atom. The second-order valence-corrected chi connectivity index (χ2v) is 5.00. The molecule has 0 aromatic rings. The average molecular weight is 173 g/mol. The van der Waals surface area contributed by atoms with Crippen LogP contribution in [0.15, 0.2) is 10.1 Å². The Bertz CT molecular complexity index is 212. The van der Waals surface area contributed by atoms with Crippen LogP contribution in [0.3, 0.4) is 0 Å². The van der Waals surface area contributed by atoms with Crippen LogP contribution in [0.25, 0.3) is 0 Å². The molecule has 11 heavy (non-hydrogen) atoms. The zero-order valence-corrected chi connectivity index (χ0v) is 7.85. The molecule has 0 aromatic heterocycles. The predicted molar refractivity (Wildman–Crippen MR) is 49.7 cm³/mol. The van der Waals surface area contributed by atoms with Gasteiger partial charge >= 0.3 is 5.17 Å². The molecule has 2 atom stereocenters. The number of rotatable bonds is 1. The van der Waals surface area contributed by atoms with Gasteiger partial charge in [-0.3, -0.25) is 0 Å². The van der Waals surface area contributed by atoms with Crippen molar-refractivity contribution < 1.29 is 5.21 Å². The molecule has 4 heteroatoms. The van der Waals surface area contributed by atoms with Gasteiger partial charge in [0.15, 0.2) is 5.25 Å². The molecule has 0 spiro atoms. The van der Waals surface area contributed by atoms with E-state index in [1.165, 1.54) is 0 Å². The monoisotopic (exact) mass is 173 g/mol. The third-order valence-electron chi connectivity index (χ3n) is 1.92. The fourth-order valence-electron chi connectivity index (χ4n) is 1.12. The molecule has 1 aliphatic heterocycles. The third kappa shape index (κ3) is 1.40. The van der Waals surface area contributed by atoms with Crippen LogP contribution in [-0.4, -0.2) is 27.1 Å². The van der Waals surface area contributed by atoms with Crippen molar-refractivity contribution in [2.45, 2.75) is 26.0 Å². The van der Waals surface area contributed by atoms with E-state index in [0.29, 0.717) is 10.4 Å². The summed E-state index contributed by atoms with van der Waals surface area (Å²) < 4.78 is 0. The van der Waals surface area contributed by atoms with Crippen LogP contribution in [0.4, 0.5) is 0 Å². The summed E-state index contributed by atoms with van der Waals surface area (Å²) in [7, 11) is 0.0494. The number of aliphatic imine (C=N–C) groups is 1. The Balaban J connectivity index is 2.85. The molecule has 1 rings (SSSR count). The number of oxime groups is 1. The first kappa shape index (κ1) is 8.59. The van der Waals surface area contributed by atoms with Crippen LogP contribution < -0.4 is 0 Å². The van der Waals surface area contributed by atoms with Gasteiger partial charge in [0.25, 0.3) is 0 Å². The minimum Gasteiger partial charge on any atom is -0.406 e. The van der Waals surface area contributed by atoms with E-state index in [0.717, 1.165) is 11.5 Å². The first-order valence-electron chi connectivity index (χ1n) is 3.67. The van der Waals surface area contributed by atoms with E-state index in [4.69, 9.17) is 5.21 Å². The van der Waals surface area contributed by atoms with Gasteiger partial charge in [0.2, 0.25) is 0 Å². The van der Waals surface area contributed by atoms with Gasteiger partial charge < -0.3 is 5.21 Å². The van der Waals surface area contributed by atoms with E-state index < -0.39 is 0 Å². The van der Waals surface area contributed by atoms with Crippen molar-refractivity contribution in [1.82, 2.24) is 0 Å². The molecule has 1 N–H and O–H groups in total. The zero-order chi connectivity index (χ0) is 8.43. The van der Waals surface area contributed by atoms with E-state index in [-0.39, 0.29) is 10.9 Å². The van der Waals surface area contributed by atoms with Gasteiger partial charge in [-0.25, -0.2) is 0 Å². The quantitative estimate of drug-likeness (QED) is 0.362. The van der Waals surface area contributed by atoms with Crippen molar-refractivity contribution in [3.8, 4) is 0 Å². The molecule has 0 saturated carbocycles. The molecule has 2 unspecified atom stereocenters. The molecule has 0 aromatic carbocycles. The summed E-state index contributed by atoms with van der Waals surface area (Å²) in [6, 6.07) is 0. The van der Waals surface area contributed by atoms with Gasteiger partial charge in [-0.15, -0.1) is 0 Å². The molecular formula is C7H13N2OS+. The highest BCUT2D eigenvalue weighted by atomic mass is 32.2. The van der Waals surface area contributed by atoms with Crippen LogP contribution in [0.5, 0.6) is 0 Å². The van der Waals surface area contributed by atoms with Crippen LogP contribution in [0.1, 0.15) is 20.8 Å². The lowest BCUT2D eigenvalue weighted by atomic mass is 10.3. The van der Waals surface area contributed by atoms with Gasteiger partial charge in [0, 0.05) is 0 Å². The average Bonchev–Trinajstić information content (AvgIpc) is 2.28. The maximum atomic E-state index is 8.59. The Hall–Kier alpha value is -0.510. The van der Waals surface area contributed by atoms with Crippen LogP contribution in [0.2, 0.25) is 0 Å². The summed E-state index contributed by atoms with van der Waals surface area (Å²) in [5.74, 6) is 1.02. The first-order chi connectivity index (χ1) is 5.20. The van der Waals surface area contributed by atoms with Gasteiger partial charge in [-0.2, -0.15) is 4.99 Å². The highest BCUT2D eigenvalue weighted by Crippen LogP contribution is 2.18. The Kier molecular flexibility index (Phi) is 2.54. The number of hydrogen-bond donors (Lipinski definition) is 1. The third-order valence-corrected chi connectivity index (χ3v) is 4.38. The zero-order valence-electron chi connectivity index (χ0n) is 7.03. The molecule has 0 radical (unpaired) electrons. The Morgan fingerprint density at radius 2 is 2.36 bits per heavy atom. The lowest BCUT2D eigenvalue weighted by Gasteiger charge is -2.01. The molecular weight excluding hydrogens is 160 g/mol. The smallest absolute Gasteiger partial charge is 0.378 e. The highest BCUT2D eigenvalue weighted by molar-refractivity contribution is 8.12. The van der Waals surface area contributed by atoms with Crippen molar-refractivity contribution in [2.75, 3.05) is 5.75 Å². The van der Waals surface area contributed by atoms with Gasteiger partial charge in [0.1, 0.15) is 5.75 Å². The van der Waals surface area contributed by atoms with Crippen LogP contribution >= 0.6 is 0 Å². The summed E-state index contributed by atoms with van der Waals surface area (Å²) >= 11 is 0. The first-order valence-corrected chi connectivity index (χ1v) is 5.13. The van der Waals surface area contributed by atoms with E-state index in [9.17, 15) is 0 Å². The maximum Gasteiger partial charge on any atom is 0.378 e. The summed E-state index contributed by atoms with van der Waals surface area (Å²) in [4.78, 5) is 4.17. The summed E-state index contributed by atoms with van der Waals surface area (Å²) in [5.41, 5.74) is 1.09. The molecule has 0 bridgehead atoms. The van der Waals surface area contributed by atoms with Crippen molar-refractivity contribution in [3.63, 3.8) is 0 Å². The summed E-state index contributed by atoms with van der Waals surface area (Å²) in [6.07, 6.45) is 0. The van der Waals surface area contributed by atoms with Crippen molar-refractivity contribution in [1.29, 1.82) is 0 Å². The van der Waals surface area contributed by atoms with E-state index in [1.54, 1.807) is 0 Å². The molecule has 0 saturated heterocycles. The van der Waals surface area contributed by atoms with Crippen LogP contribution in [0, 0.1) is 0 Å². The second kappa shape index (κ2) is 3.26. The fourth-order valence-corrected chi connectivity index (χ4v) is 3.02. The largest absolute Gasteiger partial charge is 0.406 e. The van der Waals surface area contributed by atoms with Gasteiger partial charge in [0.05, 0.1) is 16.6 Å². The lowest BCUT2D eigenvalue weighted by molar-refractivity contribution is 0.320. The molecule has 0 aliphatic carbocycles. The normalized spacial score (nSPS) is 34.5. The highest BCUT2D eigenvalue weighted by Gasteiger charge is 2.40. The maximum absolute atomic E-state index is 8.59. The summed E-state index contributed by atoms with van der Waals surface area (Å²) in [6.45, 7) is 6.21. The van der Waals surface area contributed by atoms with E-state index >= 15 is 0 Å². The lowest BCUT2D eigenvalue weighted by Crippen LogP contribution is -2.24. The summed E-state index contributed by atoms with van der Waals surface area (Å²) in [5, 5.41) is 12.9. The molecule has 1 aliphatic rings. The molecule has 0 fully saturated rings. The second-order valence-electron chi connectivity index (χ2n) is 2.50. The van der Waals surface area contributed by atoms with E-state index in [2.05, 4.69) is 24.0 Å². The van der Waals surface area contributed by atoms with Gasteiger partial charge in [-0.05, 0) is 25.9 Å². The minimum atomic E-state index is 0.0494. The number of nitrogens with zero attached hydrogens (tertiary/aromatic N) is 2. The standard InChI is InChI=1S/C7H12N2OS/c1-4-11-6(3)5(2)8-7(11)9-10/h6H,4H2,1-3H3/p+1. The molecule has 62 valence electrons. The van der Waals surface area contributed by atoms with Crippen molar-refractivity contribution in [2.24, 2.45) is 10.1 Å². The predicted octanol–water partition coefficient (Wildman–Crippen LogP) is 1.23. The Morgan fingerprint density at radius 1 is 1.73 bits per heavy atom. The molecule has 3 nitrogen and oxygen atoms in total. The fraction of sp³-hybridized carbons (Fsp3) is 0.714. The number of hydrogen-bond acceptors (Lipinski definition) is 2. The van der Waals surface area contributed by atoms with E-state index in [1.807, 2.05) is 6.92 Å². The number of amidine groups is 1. The van der Waals surface area contributed by atoms with Gasteiger partial charge in [-0.1, -0.05) is 0 Å². The SMILES string of the molecule is CC[S+]1C(=NO)N=C(C)C1C. The van der Waals surface area contributed by atoms with Crippen molar-refractivity contribution >= 4 is 21.8 Å². The molecule has 0 amide bonds.